The second-order valence-corrected chi connectivity index (χ2v) is 5.58. The molecule has 5 heteroatoms. The van der Waals surface area contributed by atoms with Gasteiger partial charge < -0.3 is 0 Å². The number of nitro benzene ring substituents is 1. The molecule has 3 rings (SSSR count). The van der Waals surface area contributed by atoms with Crippen molar-refractivity contribution in [1.82, 2.24) is 0 Å². The molecule has 0 saturated heterocycles. The lowest BCUT2D eigenvalue weighted by molar-refractivity contribution is -0.384. The molecule has 0 aliphatic rings. The molecule has 0 aliphatic carbocycles. The Morgan fingerprint density at radius 2 is 1.64 bits per heavy atom. The monoisotopic (exact) mass is 309 g/mol. The molecule has 0 amide bonds. The number of carbonyl (C=O) groups is 1. The van der Waals surface area contributed by atoms with Crippen LogP contribution >= 0.6 is 11.3 Å². The molecule has 0 aliphatic heterocycles. The van der Waals surface area contributed by atoms with Crippen LogP contribution in [0, 0.1) is 10.1 Å². The number of hydrogen-bond acceptors (Lipinski definition) is 4. The normalized spacial score (nSPS) is 10.4. The van der Waals surface area contributed by atoms with E-state index in [1.165, 1.54) is 35.6 Å². The molecule has 0 radical (unpaired) electrons. The third-order valence-electron chi connectivity index (χ3n) is 3.29. The van der Waals surface area contributed by atoms with Crippen molar-refractivity contribution in [1.29, 1.82) is 0 Å². The number of nitro groups is 1. The molecule has 108 valence electrons. The lowest BCUT2D eigenvalue weighted by Crippen LogP contribution is -2.01. The van der Waals surface area contributed by atoms with E-state index >= 15 is 0 Å². The third kappa shape index (κ3) is 2.66. The van der Waals surface area contributed by atoms with E-state index in [0.29, 0.717) is 11.1 Å². The maximum Gasteiger partial charge on any atom is 0.269 e. The van der Waals surface area contributed by atoms with Gasteiger partial charge in [-0.15, -0.1) is 11.3 Å². The van der Waals surface area contributed by atoms with Crippen LogP contribution < -0.4 is 0 Å². The first kappa shape index (κ1) is 14.2. The molecule has 0 N–H and O–H groups in total. The average Bonchev–Trinajstić information content (AvgIpc) is 3.04. The summed E-state index contributed by atoms with van der Waals surface area (Å²) in [6.07, 6.45) is 0. The summed E-state index contributed by atoms with van der Waals surface area (Å²) in [6, 6.07) is 17.2. The highest BCUT2D eigenvalue weighted by molar-refractivity contribution is 7.14. The van der Waals surface area contributed by atoms with Gasteiger partial charge in [0.1, 0.15) is 0 Å². The molecule has 1 aromatic heterocycles. The maximum atomic E-state index is 12.6. The fourth-order valence-corrected chi connectivity index (χ4v) is 3.09. The van der Waals surface area contributed by atoms with Crippen LogP contribution in [0.3, 0.4) is 0 Å². The molecule has 22 heavy (non-hydrogen) atoms. The van der Waals surface area contributed by atoms with Gasteiger partial charge in [-0.1, -0.05) is 30.3 Å². The van der Waals surface area contributed by atoms with Crippen LogP contribution in [0.5, 0.6) is 0 Å². The van der Waals surface area contributed by atoms with Crippen molar-refractivity contribution in [3.63, 3.8) is 0 Å². The molecule has 0 spiro atoms. The Kier molecular flexibility index (Phi) is 3.80. The molecular weight excluding hydrogens is 298 g/mol. The Balaban J connectivity index is 1.97. The predicted octanol–water partition coefficient (Wildman–Crippen LogP) is 4.55. The van der Waals surface area contributed by atoms with Gasteiger partial charge in [-0.2, -0.15) is 0 Å². The highest BCUT2D eigenvalue weighted by Gasteiger charge is 2.17. The van der Waals surface area contributed by atoms with Crippen LogP contribution in [-0.2, 0) is 0 Å². The van der Waals surface area contributed by atoms with E-state index < -0.39 is 4.92 Å². The fraction of sp³-hybridized carbons (Fsp3) is 0. The van der Waals surface area contributed by atoms with Crippen LogP contribution in [-0.4, -0.2) is 10.7 Å². The highest BCUT2D eigenvalue weighted by atomic mass is 32.1. The molecule has 0 bridgehead atoms. The molecule has 4 nitrogen and oxygen atoms in total. The van der Waals surface area contributed by atoms with Crippen LogP contribution in [0.4, 0.5) is 5.69 Å². The molecule has 3 aromatic rings. The van der Waals surface area contributed by atoms with Crippen LogP contribution in [0.15, 0.2) is 66.0 Å². The zero-order valence-corrected chi connectivity index (χ0v) is 12.2. The van der Waals surface area contributed by atoms with Crippen molar-refractivity contribution >= 4 is 22.8 Å². The average molecular weight is 309 g/mol. The number of non-ortho nitro benzene ring substituents is 1. The lowest BCUT2D eigenvalue weighted by Gasteiger charge is -2.04. The summed E-state index contributed by atoms with van der Waals surface area (Å²) in [5, 5.41) is 12.5. The summed E-state index contributed by atoms with van der Waals surface area (Å²) in [4.78, 5) is 23.7. The van der Waals surface area contributed by atoms with Gasteiger partial charge in [0.15, 0.2) is 5.78 Å². The Bertz CT molecular complexity index is 823. The molecule has 2 aromatic carbocycles. The summed E-state index contributed by atoms with van der Waals surface area (Å²) in [7, 11) is 0. The Labute approximate surface area is 130 Å². The van der Waals surface area contributed by atoms with Crippen molar-refractivity contribution in [2.45, 2.75) is 0 Å². The Hall–Kier alpha value is -2.79. The van der Waals surface area contributed by atoms with E-state index in [1.54, 1.807) is 6.07 Å². The summed E-state index contributed by atoms with van der Waals surface area (Å²) >= 11 is 1.50. The number of rotatable bonds is 4. The van der Waals surface area contributed by atoms with Crippen molar-refractivity contribution in [2.75, 3.05) is 0 Å². The number of ketones is 1. The van der Waals surface area contributed by atoms with Gasteiger partial charge >= 0.3 is 0 Å². The SMILES string of the molecule is O=C(c1ccc([N+](=O)[O-])cc1)c1ccsc1-c1ccccc1. The topological polar surface area (TPSA) is 60.2 Å². The first-order valence-corrected chi connectivity index (χ1v) is 7.47. The smallest absolute Gasteiger partial charge is 0.269 e. The highest BCUT2D eigenvalue weighted by Crippen LogP contribution is 2.31. The van der Waals surface area contributed by atoms with Gasteiger partial charge in [-0.05, 0) is 29.1 Å². The Morgan fingerprint density at radius 3 is 2.27 bits per heavy atom. The van der Waals surface area contributed by atoms with E-state index in [2.05, 4.69) is 0 Å². The Morgan fingerprint density at radius 1 is 0.955 bits per heavy atom. The minimum absolute atomic E-state index is 0.0230. The predicted molar refractivity (Wildman–Crippen MR) is 86.3 cm³/mol. The standard InChI is InChI=1S/C17H11NO3S/c19-16(12-6-8-14(9-7-12)18(20)21)15-10-11-22-17(15)13-4-2-1-3-5-13/h1-11H. The van der Waals surface area contributed by atoms with Gasteiger partial charge in [0.25, 0.3) is 5.69 Å². The van der Waals surface area contributed by atoms with E-state index in [4.69, 9.17) is 0 Å². The van der Waals surface area contributed by atoms with Crippen molar-refractivity contribution < 1.29 is 9.72 Å². The fourth-order valence-electron chi connectivity index (χ4n) is 2.19. The summed E-state index contributed by atoms with van der Waals surface area (Å²) in [6.45, 7) is 0. The van der Waals surface area contributed by atoms with Gasteiger partial charge in [0.05, 0.1) is 4.92 Å². The quantitative estimate of drug-likeness (QED) is 0.403. The molecule has 0 fully saturated rings. The number of thiophene rings is 1. The van der Waals surface area contributed by atoms with Crippen LogP contribution in [0.1, 0.15) is 15.9 Å². The van der Waals surface area contributed by atoms with Gasteiger partial charge in [-0.25, -0.2) is 0 Å². The minimum Gasteiger partial charge on any atom is -0.289 e. The molecular formula is C17H11NO3S. The number of benzene rings is 2. The second-order valence-electron chi connectivity index (χ2n) is 4.66. The van der Waals surface area contributed by atoms with Crippen molar-refractivity contribution in [3.8, 4) is 10.4 Å². The zero-order valence-electron chi connectivity index (χ0n) is 11.4. The second kappa shape index (κ2) is 5.91. The summed E-state index contributed by atoms with van der Waals surface area (Å²) in [5.41, 5.74) is 2.03. The van der Waals surface area contributed by atoms with Gasteiger partial charge in [-0.3, -0.25) is 14.9 Å². The molecule has 1 heterocycles. The maximum absolute atomic E-state index is 12.6. The molecule has 0 saturated carbocycles. The zero-order chi connectivity index (χ0) is 15.5. The van der Waals surface area contributed by atoms with E-state index in [1.807, 2.05) is 35.7 Å². The minimum atomic E-state index is -0.478. The van der Waals surface area contributed by atoms with Gasteiger partial charge in [0.2, 0.25) is 0 Å². The van der Waals surface area contributed by atoms with E-state index in [-0.39, 0.29) is 11.5 Å². The number of nitrogens with zero attached hydrogens (tertiary/aromatic N) is 1. The van der Waals surface area contributed by atoms with Crippen molar-refractivity contribution in [3.05, 3.63) is 87.3 Å². The summed E-state index contributed by atoms with van der Waals surface area (Å²) in [5.74, 6) is -0.130. The number of hydrogen-bond donors (Lipinski definition) is 0. The number of carbonyl (C=O) groups excluding carboxylic acids is 1. The lowest BCUT2D eigenvalue weighted by atomic mass is 10.0. The third-order valence-corrected chi connectivity index (χ3v) is 4.25. The van der Waals surface area contributed by atoms with E-state index in [0.717, 1.165) is 10.4 Å². The van der Waals surface area contributed by atoms with Crippen molar-refractivity contribution in [2.24, 2.45) is 0 Å². The first-order chi connectivity index (χ1) is 10.7. The van der Waals surface area contributed by atoms with Crippen LogP contribution in [0.2, 0.25) is 0 Å². The first-order valence-electron chi connectivity index (χ1n) is 6.59. The molecule has 0 unspecified atom stereocenters. The van der Waals surface area contributed by atoms with Gasteiger partial charge in [0, 0.05) is 28.1 Å². The van der Waals surface area contributed by atoms with E-state index in [9.17, 15) is 14.9 Å². The summed E-state index contributed by atoms with van der Waals surface area (Å²) < 4.78 is 0. The van der Waals surface area contributed by atoms with Crippen LogP contribution in [0.25, 0.3) is 10.4 Å². The molecule has 0 atom stereocenters. The largest absolute Gasteiger partial charge is 0.289 e.